The highest BCUT2D eigenvalue weighted by Gasteiger charge is 2.10. The van der Waals surface area contributed by atoms with Gasteiger partial charge < -0.3 is 16.0 Å². The predicted octanol–water partition coefficient (Wildman–Crippen LogP) is 4.32. The van der Waals surface area contributed by atoms with Crippen molar-refractivity contribution in [3.8, 4) is 0 Å². The zero-order valence-corrected chi connectivity index (χ0v) is 17.4. The standard InChI is InChI=1S/C23H23N3O3S/c1-24-22(28)16-10-12-18(13-11-16)26-23(29)17-5-2-6-19(15-17)25-21(27)9-3-7-20-8-4-14-30-20/h2,4-6,8,10-15H,3,7,9H2,1H3,(H,24,28)(H,25,27)(H,26,29). The molecule has 0 unspecified atom stereocenters. The lowest BCUT2D eigenvalue weighted by molar-refractivity contribution is -0.116. The third-order valence-corrected chi connectivity index (χ3v) is 5.38. The van der Waals surface area contributed by atoms with Gasteiger partial charge in [0.1, 0.15) is 0 Å². The summed E-state index contributed by atoms with van der Waals surface area (Å²) in [6, 6.07) is 17.5. The maximum atomic E-state index is 12.5. The number of rotatable bonds is 8. The molecule has 0 aliphatic rings. The number of nitrogens with one attached hydrogen (secondary N) is 3. The molecule has 0 radical (unpaired) electrons. The quantitative estimate of drug-likeness (QED) is 0.506. The Balaban J connectivity index is 1.54. The first-order valence-electron chi connectivity index (χ1n) is 9.61. The number of benzene rings is 2. The summed E-state index contributed by atoms with van der Waals surface area (Å²) in [7, 11) is 1.56. The number of anilines is 2. The Morgan fingerprint density at radius 3 is 2.33 bits per heavy atom. The second-order valence-corrected chi connectivity index (χ2v) is 7.70. The molecular weight excluding hydrogens is 398 g/mol. The Kier molecular flexibility index (Phi) is 7.34. The molecule has 0 bridgehead atoms. The van der Waals surface area contributed by atoms with Crippen LogP contribution < -0.4 is 16.0 Å². The maximum Gasteiger partial charge on any atom is 0.255 e. The Hall–Kier alpha value is -3.45. The molecule has 0 aliphatic carbocycles. The van der Waals surface area contributed by atoms with Crippen molar-refractivity contribution < 1.29 is 14.4 Å². The van der Waals surface area contributed by atoms with Crippen LogP contribution in [0.1, 0.15) is 38.4 Å². The number of hydrogen-bond acceptors (Lipinski definition) is 4. The number of amides is 3. The normalized spacial score (nSPS) is 10.3. The van der Waals surface area contributed by atoms with E-state index in [-0.39, 0.29) is 17.7 Å². The van der Waals surface area contributed by atoms with Crippen LogP contribution >= 0.6 is 11.3 Å². The Bertz CT molecular complexity index is 1010. The Labute approximate surface area is 179 Å². The SMILES string of the molecule is CNC(=O)c1ccc(NC(=O)c2cccc(NC(=O)CCCc3cccs3)c2)cc1. The number of carbonyl (C=O) groups excluding carboxylic acids is 3. The molecule has 3 rings (SSSR count). The minimum absolute atomic E-state index is 0.0751. The van der Waals surface area contributed by atoms with Gasteiger partial charge in [0, 0.05) is 40.8 Å². The lowest BCUT2D eigenvalue weighted by Gasteiger charge is -2.09. The van der Waals surface area contributed by atoms with Gasteiger partial charge in [0.2, 0.25) is 5.91 Å². The summed E-state index contributed by atoms with van der Waals surface area (Å²) in [6.45, 7) is 0. The smallest absolute Gasteiger partial charge is 0.255 e. The first-order valence-corrected chi connectivity index (χ1v) is 10.5. The van der Waals surface area contributed by atoms with E-state index < -0.39 is 0 Å². The van der Waals surface area contributed by atoms with Crippen LogP contribution in [0.15, 0.2) is 66.0 Å². The van der Waals surface area contributed by atoms with E-state index in [1.165, 1.54) is 4.88 Å². The molecule has 154 valence electrons. The van der Waals surface area contributed by atoms with E-state index in [4.69, 9.17) is 0 Å². The fourth-order valence-corrected chi connectivity index (χ4v) is 3.64. The number of thiophene rings is 1. The van der Waals surface area contributed by atoms with Gasteiger partial charge in [-0.3, -0.25) is 14.4 Å². The maximum absolute atomic E-state index is 12.5. The summed E-state index contributed by atoms with van der Waals surface area (Å²) in [6.07, 6.45) is 2.08. The molecule has 30 heavy (non-hydrogen) atoms. The summed E-state index contributed by atoms with van der Waals surface area (Å²) in [5.74, 6) is -0.558. The zero-order valence-electron chi connectivity index (χ0n) is 16.6. The van der Waals surface area contributed by atoms with Crippen molar-refractivity contribution in [1.29, 1.82) is 0 Å². The van der Waals surface area contributed by atoms with Crippen LogP contribution in [0.4, 0.5) is 11.4 Å². The van der Waals surface area contributed by atoms with Gasteiger partial charge >= 0.3 is 0 Å². The summed E-state index contributed by atoms with van der Waals surface area (Å²) in [5.41, 5.74) is 2.11. The second-order valence-electron chi connectivity index (χ2n) is 6.67. The van der Waals surface area contributed by atoms with Gasteiger partial charge in [-0.15, -0.1) is 11.3 Å². The summed E-state index contributed by atoms with van der Waals surface area (Å²) >= 11 is 1.69. The van der Waals surface area contributed by atoms with Crippen molar-refractivity contribution in [1.82, 2.24) is 5.32 Å². The molecule has 3 amide bonds. The fraction of sp³-hybridized carbons (Fsp3) is 0.174. The van der Waals surface area contributed by atoms with Gasteiger partial charge in [-0.05, 0) is 66.8 Å². The molecule has 0 aliphatic heterocycles. The molecule has 3 N–H and O–H groups in total. The lowest BCUT2D eigenvalue weighted by atomic mass is 10.1. The van der Waals surface area contributed by atoms with Crippen molar-refractivity contribution in [3.05, 3.63) is 82.0 Å². The number of carbonyl (C=O) groups is 3. The van der Waals surface area contributed by atoms with Crippen LogP contribution in [0.2, 0.25) is 0 Å². The number of aryl methyl sites for hydroxylation is 1. The topological polar surface area (TPSA) is 87.3 Å². The largest absolute Gasteiger partial charge is 0.355 e. The van der Waals surface area contributed by atoms with Gasteiger partial charge in [-0.2, -0.15) is 0 Å². The molecule has 0 saturated heterocycles. The Morgan fingerprint density at radius 1 is 0.833 bits per heavy atom. The minimum Gasteiger partial charge on any atom is -0.355 e. The van der Waals surface area contributed by atoms with Crippen molar-refractivity contribution in [2.75, 3.05) is 17.7 Å². The molecule has 6 nitrogen and oxygen atoms in total. The van der Waals surface area contributed by atoms with Crippen molar-refractivity contribution in [2.24, 2.45) is 0 Å². The molecule has 0 spiro atoms. The van der Waals surface area contributed by atoms with Crippen LogP contribution in [-0.2, 0) is 11.2 Å². The van der Waals surface area contributed by atoms with E-state index in [1.54, 1.807) is 66.9 Å². The second kappa shape index (κ2) is 10.4. The van der Waals surface area contributed by atoms with Crippen LogP contribution in [0, 0.1) is 0 Å². The zero-order chi connectivity index (χ0) is 21.3. The van der Waals surface area contributed by atoms with Gasteiger partial charge in [0.25, 0.3) is 11.8 Å². The number of hydrogen-bond donors (Lipinski definition) is 3. The summed E-state index contributed by atoms with van der Waals surface area (Å²) in [5, 5.41) is 10.2. The highest BCUT2D eigenvalue weighted by molar-refractivity contribution is 7.09. The average molecular weight is 422 g/mol. The van der Waals surface area contributed by atoms with E-state index >= 15 is 0 Å². The van der Waals surface area contributed by atoms with E-state index in [1.807, 2.05) is 11.4 Å². The molecule has 1 aromatic heterocycles. The first kappa shape index (κ1) is 21.3. The Morgan fingerprint density at radius 2 is 1.63 bits per heavy atom. The molecule has 7 heteroatoms. The van der Waals surface area contributed by atoms with E-state index in [2.05, 4.69) is 22.0 Å². The monoisotopic (exact) mass is 421 g/mol. The molecule has 0 saturated carbocycles. The minimum atomic E-state index is -0.295. The third-order valence-electron chi connectivity index (χ3n) is 4.45. The van der Waals surface area contributed by atoms with E-state index in [0.29, 0.717) is 28.9 Å². The molecular formula is C23H23N3O3S. The van der Waals surface area contributed by atoms with E-state index in [0.717, 1.165) is 12.8 Å². The van der Waals surface area contributed by atoms with Crippen LogP contribution in [0.25, 0.3) is 0 Å². The van der Waals surface area contributed by atoms with Gasteiger partial charge in [0.05, 0.1) is 0 Å². The van der Waals surface area contributed by atoms with Gasteiger partial charge in [-0.1, -0.05) is 12.1 Å². The third kappa shape index (κ3) is 6.02. The van der Waals surface area contributed by atoms with Crippen LogP contribution in [-0.4, -0.2) is 24.8 Å². The van der Waals surface area contributed by atoms with Gasteiger partial charge in [-0.25, -0.2) is 0 Å². The fourth-order valence-electron chi connectivity index (χ4n) is 2.89. The molecule has 2 aromatic carbocycles. The molecule has 3 aromatic rings. The van der Waals surface area contributed by atoms with Crippen molar-refractivity contribution >= 4 is 40.4 Å². The molecule has 0 atom stereocenters. The first-order chi connectivity index (χ1) is 14.5. The molecule has 1 heterocycles. The summed E-state index contributed by atoms with van der Waals surface area (Å²) in [4.78, 5) is 37.6. The van der Waals surface area contributed by atoms with E-state index in [9.17, 15) is 14.4 Å². The van der Waals surface area contributed by atoms with Crippen LogP contribution in [0.3, 0.4) is 0 Å². The highest BCUT2D eigenvalue weighted by atomic mass is 32.1. The van der Waals surface area contributed by atoms with Gasteiger partial charge in [0.15, 0.2) is 0 Å². The van der Waals surface area contributed by atoms with Crippen LogP contribution in [0.5, 0.6) is 0 Å². The highest BCUT2D eigenvalue weighted by Crippen LogP contribution is 2.16. The van der Waals surface area contributed by atoms with Crippen molar-refractivity contribution in [2.45, 2.75) is 19.3 Å². The summed E-state index contributed by atoms with van der Waals surface area (Å²) < 4.78 is 0. The predicted molar refractivity (Wildman–Crippen MR) is 120 cm³/mol. The average Bonchev–Trinajstić information content (AvgIpc) is 3.27. The molecule has 0 fully saturated rings. The lowest BCUT2D eigenvalue weighted by Crippen LogP contribution is -2.18. The van der Waals surface area contributed by atoms with Crippen molar-refractivity contribution in [3.63, 3.8) is 0 Å².